The van der Waals surface area contributed by atoms with Crippen LogP contribution in [-0.2, 0) is 15.9 Å². The van der Waals surface area contributed by atoms with Crippen LogP contribution in [0.15, 0.2) is 18.2 Å². The molecule has 0 bridgehead atoms. The van der Waals surface area contributed by atoms with Crippen LogP contribution in [-0.4, -0.2) is 37.1 Å². The van der Waals surface area contributed by atoms with E-state index in [4.69, 9.17) is 21.1 Å². The molecule has 1 saturated heterocycles. The molecule has 1 aromatic carbocycles. The van der Waals surface area contributed by atoms with Crippen molar-refractivity contribution in [2.24, 2.45) is 0 Å². The third-order valence-corrected chi connectivity index (χ3v) is 3.07. The van der Waals surface area contributed by atoms with E-state index in [1.807, 2.05) is 0 Å². The molecule has 94 valence electrons. The minimum Gasteiger partial charge on any atom is -0.390 e. The molecule has 2 rings (SSSR count). The fourth-order valence-electron chi connectivity index (χ4n) is 1.77. The number of hydrogen-bond acceptors (Lipinski definition) is 3. The van der Waals surface area contributed by atoms with Crippen LogP contribution in [0.1, 0.15) is 5.56 Å². The second kappa shape index (κ2) is 5.78. The van der Waals surface area contributed by atoms with Crippen molar-refractivity contribution < 1.29 is 19.0 Å². The Bertz CT molecular complexity index is 380. The lowest BCUT2D eigenvalue weighted by atomic mass is 10.0. The van der Waals surface area contributed by atoms with E-state index in [-0.39, 0.29) is 11.9 Å². The maximum atomic E-state index is 12.8. The molecular formula is C12H14ClFO3. The molecular weight excluding hydrogens is 247 g/mol. The first-order chi connectivity index (χ1) is 8.16. The van der Waals surface area contributed by atoms with Crippen LogP contribution in [0.4, 0.5) is 4.39 Å². The van der Waals surface area contributed by atoms with Gasteiger partial charge in [-0.05, 0) is 17.7 Å². The molecule has 2 unspecified atom stereocenters. The van der Waals surface area contributed by atoms with Crippen LogP contribution in [0, 0.1) is 5.82 Å². The molecule has 0 spiro atoms. The Balaban J connectivity index is 1.99. The van der Waals surface area contributed by atoms with Crippen molar-refractivity contribution in [2.45, 2.75) is 18.6 Å². The van der Waals surface area contributed by atoms with Crippen LogP contribution in [0.2, 0.25) is 5.02 Å². The average molecular weight is 261 g/mol. The van der Waals surface area contributed by atoms with Crippen molar-refractivity contribution >= 4 is 11.6 Å². The van der Waals surface area contributed by atoms with Crippen molar-refractivity contribution in [3.63, 3.8) is 0 Å². The third kappa shape index (κ3) is 3.39. The van der Waals surface area contributed by atoms with Gasteiger partial charge in [-0.3, -0.25) is 0 Å². The zero-order chi connectivity index (χ0) is 12.3. The van der Waals surface area contributed by atoms with E-state index in [9.17, 15) is 9.50 Å². The summed E-state index contributed by atoms with van der Waals surface area (Å²) in [6.07, 6.45) is -0.712. The summed E-state index contributed by atoms with van der Waals surface area (Å²) in [5.41, 5.74) is 0.703. The third-order valence-electron chi connectivity index (χ3n) is 2.72. The van der Waals surface area contributed by atoms with Gasteiger partial charge in [0.25, 0.3) is 0 Å². The highest BCUT2D eigenvalue weighted by Gasteiger charge is 2.24. The lowest BCUT2D eigenvalue weighted by molar-refractivity contribution is -0.131. The van der Waals surface area contributed by atoms with E-state index in [1.54, 1.807) is 6.07 Å². The van der Waals surface area contributed by atoms with Gasteiger partial charge in [0.15, 0.2) is 0 Å². The van der Waals surface area contributed by atoms with Gasteiger partial charge in [0.2, 0.25) is 0 Å². The Kier molecular flexibility index (Phi) is 4.34. The molecule has 1 aliphatic rings. The Hall–Kier alpha value is -0.680. The molecule has 17 heavy (non-hydrogen) atoms. The number of halogens is 2. The molecule has 2 atom stereocenters. The quantitative estimate of drug-likeness (QED) is 0.901. The summed E-state index contributed by atoms with van der Waals surface area (Å²) in [4.78, 5) is 0. The standard InChI is InChI=1S/C12H14ClFO3/c13-10-6-9(14)2-1-8(10)5-11(15)12-7-16-3-4-17-12/h1-2,6,11-12,15H,3-5,7H2. The number of ether oxygens (including phenoxy) is 2. The SMILES string of the molecule is OC(Cc1ccc(F)cc1Cl)C1COCCO1. The number of benzene rings is 1. The summed E-state index contributed by atoms with van der Waals surface area (Å²) < 4.78 is 23.4. The topological polar surface area (TPSA) is 38.7 Å². The lowest BCUT2D eigenvalue weighted by Gasteiger charge is -2.27. The first-order valence-electron chi connectivity index (χ1n) is 5.48. The number of hydrogen-bond donors (Lipinski definition) is 1. The lowest BCUT2D eigenvalue weighted by Crippen LogP contribution is -2.39. The minimum atomic E-state index is -0.696. The fourth-order valence-corrected chi connectivity index (χ4v) is 2.02. The highest BCUT2D eigenvalue weighted by molar-refractivity contribution is 6.31. The van der Waals surface area contributed by atoms with E-state index in [0.29, 0.717) is 36.8 Å². The van der Waals surface area contributed by atoms with E-state index in [2.05, 4.69) is 0 Å². The molecule has 0 aliphatic carbocycles. The van der Waals surface area contributed by atoms with Gasteiger partial charge in [-0.2, -0.15) is 0 Å². The summed E-state index contributed by atoms with van der Waals surface area (Å²) in [6.45, 7) is 1.42. The fraction of sp³-hybridized carbons (Fsp3) is 0.500. The van der Waals surface area contributed by atoms with Crippen LogP contribution < -0.4 is 0 Å². The summed E-state index contributed by atoms with van der Waals surface area (Å²) in [5, 5.41) is 10.3. The van der Waals surface area contributed by atoms with Crippen molar-refractivity contribution in [2.75, 3.05) is 19.8 Å². The molecule has 0 aromatic heterocycles. The smallest absolute Gasteiger partial charge is 0.124 e. The van der Waals surface area contributed by atoms with Gasteiger partial charge >= 0.3 is 0 Å². The van der Waals surface area contributed by atoms with E-state index in [1.165, 1.54) is 12.1 Å². The van der Waals surface area contributed by atoms with E-state index < -0.39 is 6.10 Å². The first kappa shape index (κ1) is 12.8. The Morgan fingerprint density at radius 3 is 2.94 bits per heavy atom. The molecule has 5 heteroatoms. The predicted molar refractivity (Wildman–Crippen MR) is 61.7 cm³/mol. The number of aliphatic hydroxyl groups excluding tert-OH is 1. The highest BCUT2D eigenvalue weighted by atomic mass is 35.5. The highest BCUT2D eigenvalue weighted by Crippen LogP contribution is 2.20. The van der Waals surface area contributed by atoms with Crippen molar-refractivity contribution in [1.82, 2.24) is 0 Å². The van der Waals surface area contributed by atoms with E-state index >= 15 is 0 Å². The molecule has 1 N–H and O–H groups in total. The molecule has 0 saturated carbocycles. The molecule has 1 aliphatic heterocycles. The predicted octanol–water partition coefficient (Wildman–Crippen LogP) is 1.80. The molecule has 0 radical (unpaired) electrons. The zero-order valence-corrected chi connectivity index (χ0v) is 9.99. The number of rotatable bonds is 3. The number of aliphatic hydroxyl groups is 1. The first-order valence-corrected chi connectivity index (χ1v) is 5.86. The van der Waals surface area contributed by atoms with Gasteiger partial charge in [0.1, 0.15) is 11.9 Å². The Labute approximate surface area is 104 Å². The van der Waals surface area contributed by atoms with Crippen LogP contribution in [0.25, 0.3) is 0 Å². The Morgan fingerprint density at radius 1 is 1.47 bits per heavy atom. The van der Waals surface area contributed by atoms with Gasteiger partial charge in [0.05, 0.1) is 25.9 Å². The Morgan fingerprint density at radius 2 is 2.29 bits per heavy atom. The maximum Gasteiger partial charge on any atom is 0.124 e. The van der Waals surface area contributed by atoms with Gasteiger partial charge in [0, 0.05) is 11.4 Å². The summed E-state index contributed by atoms with van der Waals surface area (Å²) in [6, 6.07) is 4.14. The largest absolute Gasteiger partial charge is 0.390 e. The summed E-state index contributed by atoms with van der Waals surface area (Å²) in [7, 11) is 0. The summed E-state index contributed by atoms with van der Waals surface area (Å²) >= 11 is 5.89. The normalized spacial score (nSPS) is 22.4. The van der Waals surface area contributed by atoms with Crippen LogP contribution >= 0.6 is 11.6 Å². The van der Waals surface area contributed by atoms with E-state index in [0.717, 1.165) is 0 Å². The average Bonchev–Trinajstić information content (AvgIpc) is 2.34. The van der Waals surface area contributed by atoms with Crippen LogP contribution in [0.3, 0.4) is 0 Å². The second-order valence-corrected chi connectivity index (χ2v) is 4.40. The van der Waals surface area contributed by atoms with Crippen molar-refractivity contribution in [3.05, 3.63) is 34.6 Å². The van der Waals surface area contributed by atoms with Crippen LogP contribution in [0.5, 0.6) is 0 Å². The van der Waals surface area contributed by atoms with Gasteiger partial charge in [-0.1, -0.05) is 17.7 Å². The zero-order valence-electron chi connectivity index (χ0n) is 9.23. The van der Waals surface area contributed by atoms with Gasteiger partial charge in [-0.15, -0.1) is 0 Å². The van der Waals surface area contributed by atoms with Gasteiger partial charge in [-0.25, -0.2) is 4.39 Å². The molecule has 0 amide bonds. The van der Waals surface area contributed by atoms with Gasteiger partial charge < -0.3 is 14.6 Å². The van der Waals surface area contributed by atoms with Crippen molar-refractivity contribution in [1.29, 1.82) is 0 Å². The monoisotopic (exact) mass is 260 g/mol. The molecule has 1 heterocycles. The minimum absolute atomic E-state index is 0.320. The molecule has 1 aromatic rings. The molecule has 3 nitrogen and oxygen atoms in total. The summed E-state index contributed by atoms with van der Waals surface area (Å²) in [5.74, 6) is -0.384. The molecule has 1 fully saturated rings. The second-order valence-electron chi connectivity index (χ2n) is 3.99. The van der Waals surface area contributed by atoms with Crippen molar-refractivity contribution in [3.8, 4) is 0 Å². The maximum absolute atomic E-state index is 12.8.